The number of carbonyl (C=O) groups excluding carboxylic acids is 1. The van der Waals surface area contributed by atoms with Gasteiger partial charge < -0.3 is 5.32 Å². The van der Waals surface area contributed by atoms with Crippen LogP contribution in [0.4, 0.5) is 10.1 Å². The minimum absolute atomic E-state index is 0.0848. The fraction of sp³-hybridized carbons (Fsp3) is 0.333. The van der Waals surface area contributed by atoms with E-state index in [0.717, 1.165) is 6.07 Å². The summed E-state index contributed by atoms with van der Waals surface area (Å²) in [5.74, 6) is -0.661. The van der Waals surface area contributed by atoms with Gasteiger partial charge in [0.1, 0.15) is 11.9 Å². The van der Waals surface area contributed by atoms with Gasteiger partial charge in [-0.15, -0.1) is 0 Å². The second kappa shape index (κ2) is 5.78. The predicted molar refractivity (Wildman–Crippen MR) is 67.3 cm³/mol. The number of benzene rings is 1. The maximum atomic E-state index is 13.0. The first-order valence-electron chi connectivity index (χ1n) is 5.10. The lowest BCUT2D eigenvalue weighted by atomic mass is 10.1. The van der Waals surface area contributed by atoms with Crippen LogP contribution in [0, 0.1) is 23.1 Å². The zero-order chi connectivity index (χ0) is 13.0. The van der Waals surface area contributed by atoms with Crippen molar-refractivity contribution in [2.24, 2.45) is 5.92 Å². The van der Waals surface area contributed by atoms with Crippen molar-refractivity contribution in [3.05, 3.63) is 29.6 Å². The van der Waals surface area contributed by atoms with E-state index in [9.17, 15) is 9.18 Å². The van der Waals surface area contributed by atoms with Crippen LogP contribution in [0.3, 0.4) is 0 Å². The van der Waals surface area contributed by atoms with Crippen LogP contribution in [0.1, 0.15) is 19.4 Å². The van der Waals surface area contributed by atoms with E-state index in [1.807, 2.05) is 13.8 Å². The van der Waals surface area contributed by atoms with Crippen molar-refractivity contribution >= 4 is 27.5 Å². The zero-order valence-corrected chi connectivity index (χ0v) is 11.1. The highest BCUT2D eigenvalue weighted by atomic mass is 79.9. The van der Waals surface area contributed by atoms with E-state index in [2.05, 4.69) is 21.2 Å². The van der Waals surface area contributed by atoms with Gasteiger partial charge in [0, 0.05) is 5.69 Å². The van der Waals surface area contributed by atoms with Gasteiger partial charge in [0.05, 0.1) is 10.4 Å². The van der Waals surface area contributed by atoms with E-state index in [1.165, 1.54) is 12.1 Å². The lowest BCUT2D eigenvalue weighted by Gasteiger charge is -2.13. The van der Waals surface area contributed by atoms with Gasteiger partial charge in [-0.3, -0.25) is 4.79 Å². The van der Waals surface area contributed by atoms with Crippen molar-refractivity contribution in [2.45, 2.75) is 18.7 Å². The van der Waals surface area contributed by atoms with Crippen LogP contribution in [-0.4, -0.2) is 10.7 Å². The molecule has 1 amide bonds. The van der Waals surface area contributed by atoms with Crippen LogP contribution in [0.5, 0.6) is 0 Å². The molecular formula is C12H12BrFN2O. The largest absolute Gasteiger partial charge is 0.325 e. The van der Waals surface area contributed by atoms with E-state index in [1.54, 1.807) is 6.07 Å². The Morgan fingerprint density at radius 1 is 1.53 bits per heavy atom. The molecule has 0 aliphatic rings. The molecule has 1 N–H and O–H groups in total. The van der Waals surface area contributed by atoms with E-state index in [4.69, 9.17) is 5.26 Å². The number of halogens is 2. The molecule has 17 heavy (non-hydrogen) atoms. The zero-order valence-electron chi connectivity index (χ0n) is 9.50. The summed E-state index contributed by atoms with van der Waals surface area (Å²) in [6.45, 7) is 3.81. The molecular weight excluding hydrogens is 287 g/mol. The molecule has 1 atom stereocenters. The van der Waals surface area contributed by atoms with Crippen molar-refractivity contribution < 1.29 is 9.18 Å². The molecule has 0 aliphatic carbocycles. The molecule has 0 fully saturated rings. The van der Waals surface area contributed by atoms with Crippen molar-refractivity contribution in [3.8, 4) is 6.07 Å². The number of anilines is 1. The molecule has 1 aromatic rings. The van der Waals surface area contributed by atoms with Gasteiger partial charge in [-0.05, 0) is 24.1 Å². The number of rotatable bonds is 3. The highest BCUT2D eigenvalue weighted by Crippen LogP contribution is 2.17. The first-order chi connectivity index (χ1) is 7.95. The Balaban J connectivity index is 2.83. The smallest absolute Gasteiger partial charge is 0.238 e. The molecule has 90 valence electrons. The first kappa shape index (κ1) is 13.7. The summed E-state index contributed by atoms with van der Waals surface area (Å²) in [7, 11) is 0. The Labute approximate surface area is 108 Å². The van der Waals surface area contributed by atoms with Crippen molar-refractivity contribution in [1.29, 1.82) is 5.26 Å². The van der Waals surface area contributed by atoms with Gasteiger partial charge in [0.25, 0.3) is 0 Å². The highest BCUT2D eigenvalue weighted by Gasteiger charge is 2.18. The maximum absolute atomic E-state index is 13.0. The number of amides is 1. The molecule has 0 aromatic heterocycles. The minimum atomic E-state index is -0.593. The van der Waals surface area contributed by atoms with E-state index < -0.39 is 5.82 Å². The standard InChI is InChI=1S/C12H12BrFN2O/c1-7(2)11(13)12(17)16-9-3-4-10(14)8(5-9)6-15/h3-5,7,11H,1-2H3,(H,16,17). The Morgan fingerprint density at radius 3 is 2.71 bits per heavy atom. The molecule has 0 radical (unpaired) electrons. The van der Waals surface area contributed by atoms with Crippen LogP contribution >= 0.6 is 15.9 Å². The topological polar surface area (TPSA) is 52.9 Å². The van der Waals surface area contributed by atoms with Crippen LogP contribution < -0.4 is 5.32 Å². The average molecular weight is 299 g/mol. The van der Waals surface area contributed by atoms with Crippen molar-refractivity contribution in [3.63, 3.8) is 0 Å². The number of alkyl halides is 1. The van der Waals surface area contributed by atoms with Crippen LogP contribution in [-0.2, 0) is 4.79 Å². The van der Waals surface area contributed by atoms with Crippen LogP contribution in [0.15, 0.2) is 18.2 Å². The monoisotopic (exact) mass is 298 g/mol. The fourth-order valence-corrected chi connectivity index (χ4v) is 1.32. The number of nitriles is 1. The summed E-state index contributed by atoms with van der Waals surface area (Å²) in [4.78, 5) is 11.4. The Hall–Kier alpha value is -1.41. The normalized spacial score (nSPS) is 12.0. The van der Waals surface area contributed by atoms with E-state index in [0.29, 0.717) is 5.69 Å². The molecule has 3 nitrogen and oxygen atoms in total. The third kappa shape index (κ3) is 3.53. The summed E-state index contributed by atoms with van der Waals surface area (Å²) in [5.41, 5.74) is 0.330. The average Bonchev–Trinajstić information content (AvgIpc) is 2.30. The third-order valence-corrected chi connectivity index (χ3v) is 3.66. The summed E-state index contributed by atoms with van der Waals surface area (Å²) in [6, 6.07) is 5.62. The highest BCUT2D eigenvalue weighted by molar-refractivity contribution is 9.10. The minimum Gasteiger partial charge on any atom is -0.325 e. The summed E-state index contributed by atoms with van der Waals surface area (Å²) in [6.07, 6.45) is 0. The molecule has 0 bridgehead atoms. The van der Waals surface area contributed by atoms with Gasteiger partial charge in [0.15, 0.2) is 0 Å². The Morgan fingerprint density at radius 2 is 2.18 bits per heavy atom. The summed E-state index contributed by atoms with van der Waals surface area (Å²) < 4.78 is 13.0. The number of carbonyl (C=O) groups is 1. The molecule has 1 unspecified atom stereocenters. The van der Waals surface area contributed by atoms with Gasteiger partial charge in [-0.2, -0.15) is 5.26 Å². The molecule has 0 aliphatic heterocycles. The molecule has 1 rings (SSSR count). The van der Waals surface area contributed by atoms with Gasteiger partial charge in [-0.25, -0.2) is 4.39 Å². The van der Waals surface area contributed by atoms with Crippen LogP contribution in [0.25, 0.3) is 0 Å². The van der Waals surface area contributed by atoms with Crippen molar-refractivity contribution in [2.75, 3.05) is 5.32 Å². The second-order valence-electron chi connectivity index (χ2n) is 3.94. The SMILES string of the molecule is CC(C)C(Br)C(=O)Nc1ccc(F)c(C#N)c1. The number of nitrogens with zero attached hydrogens (tertiary/aromatic N) is 1. The van der Waals surface area contributed by atoms with Gasteiger partial charge >= 0.3 is 0 Å². The number of nitrogens with one attached hydrogen (secondary N) is 1. The van der Waals surface area contributed by atoms with Crippen LogP contribution in [0.2, 0.25) is 0 Å². The lowest BCUT2D eigenvalue weighted by Crippen LogP contribution is -2.27. The predicted octanol–water partition coefficient (Wildman–Crippen LogP) is 3.06. The summed E-state index contributed by atoms with van der Waals surface area (Å²) in [5, 5.41) is 11.3. The number of hydrogen-bond donors (Lipinski definition) is 1. The molecule has 0 heterocycles. The molecule has 5 heteroatoms. The fourth-order valence-electron chi connectivity index (χ4n) is 1.20. The molecule has 0 saturated heterocycles. The quantitative estimate of drug-likeness (QED) is 0.872. The summed E-state index contributed by atoms with van der Waals surface area (Å²) >= 11 is 3.26. The van der Waals surface area contributed by atoms with E-state index in [-0.39, 0.29) is 22.2 Å². The molecule has 1 aromatic carbocycles. The lowest BCUT2D eigenvalue weighted by molar-refractivity contribution is -0.116. The Bertz CT molecular complexity index is 468. The van der Waals surface area contributed by atoms with Crippen molar-refractivity contribution in [1.82, 2.24) is 0 Å². The van der Waals surface area contributed by atoms with Gasteiger partial charge in [0.2, 0.25) is 5.91 Å². The van der Waals surface area contributed by atoms with E-state index >= 15 is 0 Å². The Kier molecular flexibility index (Phi) is 4.64. The third-order valence-electron chi connectivity index (χ3n) is 2.19. The first-order valence-corrected chi connectivity index (χ1v) is 6.02. The molecule has 0 saturated carbocycles. The molecule has 0 spiro atoms. The van der Waals surface area contributed by atoms with Gasteiger partial charge in [-0.1, -0.05) is 29.8 Å². The maximum Gasteiger partial charge on any atom is 0.238 e. The second-order valence-corrected chi connectivity index (χ2v) is 4.93. The number of hydrogen-bond acceptors (Lipinski definition) is 2.